The molecular formula is C17H18ClN3O2S2. The molecule has 0 saturated heterocycles. The van der Waals surface area contributed by atoms with Crippen molar-refractivity contribution in [2.24, 2.45) is 5.14 Å². The Kier molecular flexibility index (Phi) is 5.38. The number of halogens is 1. The molecule has 0 atom stereocenters. The van der Waals surface area contributed by atoms with Crippen molar-refractivity contribution in [1.82, 2.24) is 9.55 Å². The molecule has 132 valence electrons. The highest BCUT2D eigenvalue weighted by molar-refractivity contribution is 7.98. The maximum Gasteiger partial charge on any atom is 0.238 e. The fraction of sp³-hybridized carbons (Fsp3) is 0.235. The second-order valence-electron chi connectivity index (χ2n) is 5.62. The minimum atomic E-state index is -3.74. The van der Waals surface area contributed by atoms with E-state index in [1.54, 1.807) is 17.8 Å². The lowest BCUT2D eigenvalue weighted by molar-refractivity contribution is 0.598. The molecule has 8 heteroatoms. The monoisotopic (exact) mass is 395 g/mol. The van der Waals surface area contributed by atoms with E-state index in [1.807, 2.05) is 24.3 Å². The molecule has 3 rings (SSSR count). The lowest BCUT2D eigenvalue weighted by Gasteiger charge is -2.08. The average molecular weight is 396 g/mol. The van der Waals surface area contributed by atoms with Gasteiger partial charge in [-0.1, -0.05) is 48.5 Å². The van der Waals surface area contributed by atoms with Crippen LogP contribution in [0.4, 0.5) is 0 Å². The van der Waals surface area contributed by atoms with Crippen molar-refractivity contribution < 1.29 is 8.42 Å². The van der Waals surface area contributed by atoms with Gasteiger partial charge in [-0.05, 0) is 36.2 Å². The van der Waals surface area contributed by atoms with Crippen LogP contribution < -0.4 is 5.14 Å². The van der Waals surface area contributed by atoms with Crippen LogP contribution in [0.1, 0.15) is 18.9 Å². The molecule has 2 N–H and O–H groups in total. The van der Waals surface area contributed by atoms with Gasteiger partial charge in [-0.3, -0.25) is 0 Å². The van der Waals surface area contributed by atoms with E-state index >= 15 is 0 Å². The number of fused-ring (bicyclic) bond motifs is 1. The van der Waals surface area contributed by atoms with Crippen molar-refractivity contribution in [2.75, 3.05) is 0 Å². The molecule has 0 bridgehead atoms. The van der Waals surface area contributed by atoms with Crippen molar-refractivity contribution in [3.05, 3.63) is 53.1 Å². The molecule has 0 fully saturated rings. The van der Waals surface area contributed by atoms with Gasteiger partial charge >= 0.3 is 0 Å². The Morgan fingerprint density at radius 2 is 2.00 bits per heavy atom. The maximum atomic E-state index is 11.6. The van der Waals surface area contributed by atoms with E-state index in [9.17, 15) is 8.42 Å². The number of benzene rings is 2. The van der Waals surface area contributed by atoms with E-state index in [-0.39, 0.29) is 4.90 Å². The number of sulfonamides is 1. The molecule has 1 aromatic heterocycles. The molecule has 0 unspecified atom stereocenters. The lowest BCUT2D eigenvalue weighted by atomic mass is 10.2. The van der Waals surface area contributed by atoms with Crippen LogP contribution in [-0.4, -0.2) is 18.0 Å². The standard InChI is InChI=1S/C17H18ClN3O2S2/c1-2-9-21-16-8-7-13(25(19,22)23)10-15(16)20-17(21)24-11-12-5-3-4-6-14(12)18/h3-8,10H,2,9,11H2,1H3,(H2,19,22,23). The first kappa shape index (κ1) is 18.3. The van der Waals surface area contributed by atoms with Crippen LogP contribution in [0.2, 0.25) is 5.02 Å². The zero-order chi connectivity index (χ0) is 18.0. The van der Waals surface area contributed by atoms with Gasteiger partial charge < -0.3 is 4.57 Å². The summed E-state index contributed by atoms with van der Waals surface area (Å²) >= 11 is 7.80. The van der Waals surface area contributed by atoms with Crippen LogP contribution in [0, 0.1) is 0 Å². The highest BCUT2D eigenvalue weighted by Crippen LogP contribution is 2.30. The Bertz CT molecular complexity index is 1020. The summed E-state index contributed by atoms with van der Waals surface area (Å²) in [7, 11) is -3.74. The maximum absolute atomic E-state index is 11.6. The van der Waals surface area contributed by atoms with Crippen molar-refractivity contribution in [3.63, 3.8) is 0 Å². The van der Waals surface area contributed by atoms with Gasteiger partial charge in [-0.15, -0.1) is 0 Å². The largest absolute Gasteiger partial charge is 0.319 e. The van der Waals surface area contributed by atoms with E-state index in [1.165, 1.54) is 12.1 Å². The Labute approximate surface area is 156 Å². The number of primary sulfonamides is 1. The predicted molar refractivity (Wildman–Crippen MR) is 102 cm³/mol. The van der Waals surface area contributed by atoms with Gasteiger partial charge in [0.15, 0.2) is 5.16 Å². The summed E-state index contributed by atoms with van der Waals surface area (Å²) < 4.78 is 25.2. The number of rotatable bonds is 6. The summed E-state index contributed by atoms with van der Waals surface area (Å²) in [6, 6.07) is 12.5. The number of hydrogen-bond acceptors (Lipinski definition) is 4. The smallest absolute Gasteiger partial charge is 0.238 e. The molecule has 0 aliphatic rings. The first-order valence-electron chi connectivity index (χ1n) is 7.79. The topological polar surface area (TPSA) is 78.0 Å². The molecule has 0 amide bonds. The molecule has 2 aromatic carbocycles. The molecule has 0 aliphatic heterocycles. The number of aromatic nitrogens is 2. The summed E-state index contributed by atoms with van der Waals surface area (Å²) in [6.07, 6.45) is 0.946. The number of imidazole rings is 1. The van der Waals surface area contributed by atoms with E-state index in [2.05, 4.69) is 16.5 Å². The van der Waals surface area contributed by atoms with Crippen LogP contribution in [0.5, 0.6) is 0 Å². The second kappa shape index (κ2) is 7.37. The quantitative estimate of drug-likeness (QED) is 0.639. The van der Waals surface area contributed by atoms with Gasteiger partial charge in [0.25, 0.3) is 0 Å². The molecule has 0 saturated carbocycles. The molecule has 1 heterocycles. The third-order valence-corrected chi connectivity index (χ3v) is 6.08. The van der Waals surface area contributed by atoms with Crippen LogP contribution in [0.3, 0.4) is 0 Å². The molecular weight excluding hydrogens is 378 g/mol. The summed E-state index contributed by atoms with van der Waals surface area (Å²) in [5.74, 6) is 0.689. The van der Waals surface area contributed by atoms with Crippen molar-refractivity contribution in [2.45, 2.75) is 35.7 Å². The normalized spacial score (nSPS) is 12.0. The average Bonchev–Trinajstić information content (AvgIpc) is 2.91. The van der Waals surface area contributed by atoms with Gasteiger partial charge in [-0.25, -0.2) is 18.5 Å². The van der Waals surface area contributed by atoms with Gasteiger partial charge in [0.05, 0.1) is 15.9 Å². The summed E-state index contributed by atoms with van der Waals surface area (Å²) in [5, 5.41) is 6.78. The molecule has 5 nitrogen and oxygen atoms in total. The number of nitrogens with two attached hydrogens (primary N) is 1. The van der Waals surface area contributed by atoms with Gasteiger partial charge in [-0.2, -0.15) is 0 Å². The lowest BCUT2D eigenvalue weighted by Crippen LogP contribution is -2.11. The van der Waals surface area contributed by atoms with E-state index in [0.29, 0.717) is 11.3 Å². The molecule has 0 aliphatic carbocycles. The van der Waals surface area contributed by atoms with Crippen LogP contribution >= 0.6 is 23.4 Å². The van der Waals surface area contributed by atoms with Crippen molar-refractivity contribution in [1.29, 1.82) is 0 Å². The zero-order valence-electron chi connectivity index (χ0n) is 13.6. The van der Waals surface area contributed by atoms with Crippen LogP contribution in [0.15, 0.2) is 52.5 Å². The number of hydrogen-bond donors (Lipinski definition) is 1. The summed E-state index contributed by atoms with van der Waals surface area (Å²) in [4.78, 5) is 4.69. The number of aryl methyl sites for hydroxylation is 1. The SMILES string of the molecule is CCCn1c(SCc2ccccc2Cl)nc2cc(S(N)(=O)=O)ccc21. The highest BCUT2D eigenvalue weighted by atomic mass is 35.5. The number of thioether (sulfide) groups is 1. The van der Waals surface area contributed by atoms with Crippen LogP contribution in [-0.2, 0) is 22.3 Å². The zero-order valence-corrected chi connectivity index (χ0v) is 16.0. The predicted octanol–water partition coefficient (Wildman–Crippen LogP) is 4.04. The fourth-order valence-corrected chi connectivity index (χ4v) is 4.43. The minimum absolute atomic E-state index is 0.0730. The second-order valence-corrected chi connectivity index (χ2v) is 8.53. The van der Waals surface area contributed by atoms with Crippen molar-refractivity contribution in [3.8, 4) is 0 Å². The van der Waals surface area contributed by atoms with E-state index in [0.717, 1.165) is 34.2 Å². The minimum Gasteiger partial charge on any atom is -0.319 e. The summed E-state index contributed by atoms with van der Waals surface area (Å²) in [6.45, 7) is 2.89. The van der Waals surface area contributed by atoms with Gasteiger partial charge in [0.1, 0.15) is 0 Å². The third-order valence-electron chi connectivity index (χ3n) is 3.78. The fourth-order valence-electron chi connectivity index (χ4n) is 2.57. The molecule has 25 heavy (non-hydrogen) atoms. The third kappa shape index (κ3) is 4.00. The van der Waals surface area contributed by atoms with Crippen LogP contribution in [0.25, 0.3) is 11.0 Å². The first-order valence-corrected chi connectivity index (χ1v) is 10.7. The first-order chi connectivity index (χ1) is 11.9. The highest BCUT2D eigenvalue weighted by Gasteiger charge is 2.15. The Balaban J connectivity index is 1.98. The van der Waals surface area contributed by atoms with Gasteiger partial charge in [0, 0.05) is 17.3 Å². The van der Waals surface area contributed by atoms with E-state index < -0.39 is 10.0 Å². The molecule has 0 spiro atoms. The van der Waals surface area contributed by atoms with Crippen molar-refractivity contribution >= 4 is 44.4 Å². The Morgan fingerprint density at radius 3 is 2.68 bits per heavy atom. The molecule has 3 aromatic rings. The van der Waals surface area contributed by atoms with Gasteiger partial charge in [0.2, 0.25) is 10.0 Å². The Hall–Kier alpha value is -1.54. The van der Waals surface area contributed by atoms with E-state index in [4.69, 9.17) is 16.7 Å². The summed E-state index contributed by atoms with van der Waals surface area (Å²) in [5.41, 5.74) is 2.56. The number of nitrogens with zero attached hydrogens (tertiary/aromatic N) is 2. The Morgan fingerprint density at radius 1 is 1.24 bits per heavy atom. The molecule has 0 radical (unpaired) electrons.